The molecular weight excluding hydrogens is 224 g/mol. The topological polar surface area (TPSA) is 46.1 Å². The van der Waals surface area contributed by atoms with Crippen molar-refractivity contribution in [1.82, 2.24) is 0 Å². The SMILES string of the molecule is CC(C)[O-].CC(C)[O-].[CH3][Ti+2][CH]1C=CC=C1. The summed E-state index contributed by atoms with van der Waals surface area (Å²) in [5.41, 5.74) is 0. The van der Waals surface area contributed by atoms with Crippen LogP contribution in [0.5, 0.6) is 0 Å². The van der Waals surface area contributed by atoms with E-state index in [1.807, 2.05) is 0 Å². The van der Waals surface area contributed by atoms with Crippen molar-refractivity contribution in [3.8, 4) is 0 Å². The van der Waals surface area contributed by atoms with Crippen molar-refractivity contribution < 1.29 is 29.4 Å². The summed E-state index contributed by atoms with van der Waals surface area (Å²) in [5.74, 6) is 0. The van der Waals surface area contributed by atoms with Gasteiger partial charge in [-0.2, -0.15) is 0 Å². The van der Waals surface area contributed by atoms with Gasteiger partial charge in [0.2, 0.25) is 0 Å². The zero-order valence-electron chi connectivity index (χ0n) is 10.4. The Morgan fingerprint density at radius 2 is 1.20 bits per heavy atom. The first kappa shape index (κ1) is 17.5. The van der Waals surface area contributed by atoms with E-state index in [2.05, 4.69) is 29.5 Å². The quantitative estimate of drug-likeness (QED) is 0.659. The monoisotopic (exact) mass is 246 g/mol. The minimum absolute atomic E-state index is 0.319. The van der Waals surface area contributed by atoms with Crippen molar-refractivity contribution in [1.29, 1.82) is 0 Å². The molecule has 0 saturated heterocycles. The van der Waals surface area contributed by atoms with Crippen LogP contribution in [0.3, 0.4) is 0 Å². The van der Waals surface area contributed by atoms with Crippen molar-refractivity contribution >= 4 is 0 Å². The number of rotatable bonds is 1. The molecule has 0 bridgehead atoms. The molecule has 0 radical (unpaired) electrons. The first-order valence-electron chi connectivity index (χ1n) is 5.24. The average Bonchev–Trinajstić information content (AvgIpc) is 2.52. The molecule has 0 heterocycles. The van der Waals surface area contributed by atoms with Crippen LogP contribution < -0.4 is 10.2 Å². The number of hydrogen-bond donors (Lipinski definition) is 0. The molecule has 0 aliphatic heterocycles. The number of allylic oxidation sites excluding steroid dienone is 4. The second kappa shape index (κ2) is 12.2. The van der Waals surface area contributed by atoms with E-state index < -0.39 is 12.2 Å². The van der Waals surface area contributed by atoms with Crippen LogP contribution >= 0.6 is 0 Å². The van der Waals surface area contributed by atoms with E-state index in [9.17, 15) is 10.2 Å². The molecular formula is C12H22O2Ti. The van der Waals surface area contributed by atoms with Gasteiger partial charge in [0, 0.05) is 0 Å². The Hall–Kier alpha value is 0.114. The standard InChI is InChI=1S/C5H5.2C3H7O.CH3.Ti/c1-2-4-5-3-1;2*1-3(2)4;;/h1-5H;2*3H,1-2H3;1H3;/q;2*-1;;+2. The third-order valence-electron chi connectivity index (χ3n) is 1.08. The van der Waals surface area contributed by atoms with Crippen molar-refractivity contribution in [2.24, 2.45) is 0 Å². The zero-order chi connectivity index (χ0) is 12.3. The van der Waals surface area contributed by atoms with Crippen LogP contribution in [0.4, 0.5) is 0 Å². The van der Waals surface area contributed by atoms with Crippen molar-refractivity contribution in [2.45, 2.75) is 49.4 Å². The summed E-state index contributed by atoms with van der Waals surface area (Å²) in [7, 11) is 0. The summed E-state index contributed by atoms with van der Waals surface area (Å²) in [5, 5.41) is 21.4. The van der Waals surface area contributed by atoms with Gasteiger partial charge in [0.15, 0.2) is 0 Å². The Morgan fingerprint density at radius 3 is 1.33 bits per heavy atom. The maximum atomic E-state index is 9.53. The molecule has 0 saturated carbocycles. The maximum absolute atomic E-state index is 9.53. The van der Waals surface area contributed by atoms with Crippen LogP contribution in [0.2, 0.25) is 9.45 Å². The van der Waals surface area contributed by atoms with E-state index >= 15 is 0 Å². The van der Waals surface area contributed by atoms with E-state index in [1.54, 1.807) is 27.7 Å². The molecule has 15 heavy (non-hydrogen) atoms. The normalized spacial score (nSPS) is 13.1. The molecule has 0 aromatic rings. The Morgan fingerprint density at radius 1 is 0.933 bits per heavy atom. The summed E-state index contributed by atoms with van der Waals surface area (Å²) in [6.45, 7) is 6.44. The van der Waals surface area contributed by atoms with Gasteiger partial charge < -0.3 is 10.2 Å². The molecule has 0 aromatic carbocycles. The molecule has 3 heteroatoms. The van der Waals surface area contributed by atoms with Gasteiger partial charge in [-0.15, -0.1) is 12.2 Å². The predicted molar refractivity (Wildman–Crippen MR) is 58.2 cm³/mol. The fraction of sp³-hybridized carbons (Fsp3) is 0.667. The molecule has 86 valence electrons. The second-order valence-electron chi connectivity index (χ2n) is 3.68. The first-order valence-corrected chi connectivity index (χ1v) is 7.70. The van der Waals surface area contributed by atoms with E-state index in [0.29, 0.717) is 19.2 Å². The van der Waals surface area contributed by atoms with E-state index in [4.69, 9.17) is 0 Å². The summed E-state index contributed by atoms with van der Waals surface area (Å²) in [6, 6.07) is 0. The van der Waals surface area contributed by atoms with Crippen LogP contribution in [0, 0.1) is 0 Å². The van der Waals surface area contributed by atoms with Crippen molar-refractivity contribution in [3.05, 3.63) is 24.3 Å². The van der Waals surface area contributed by atoms with Gasteiger partial charge in [-0.05, 0) is 0 Å². The second-order valence-corrected chi connectivity index (χ2v) is 5.62. The van der Waals surface area contributed by atoms with Gasteiger partial charge in [0.05, 0.1) is 0 Å². The molecule has 1 rings (SSSR count). The summed E-state index contributed by atoms with van der Waals surface area (Å²) < 4.78 is 0.861. The molecule has 0 unspecified atom stereocenters. The Kier molecular flexibility index (Phi) is 14.2. The fourth-order valence-electron chi connectivity index (χ4n) is 0.624. The molecule has 1 aliphatic rings. The van der Waals surface area contributed by atoms with Crippen LogP contribution in [0.15, 0.2) is 24.3 Å². The van der Waals surface area contributed by atoms with E-state index in [0.717, 1.165) is 4.22 Å². The van der Waals surface area contributed by atoms with Gasteiger partial charge in [-0.3, -0.25) is 0 Å². The van der Waals surface area contributed by atoms with Crippen molar-refractivity contribution in [3.63, 3.8) is 0 Å². The summed E-state index contributed by atoms with van der Waals surface area (Å²) >= 11 is 0.319. The third-order valence-corrected chi connectivity index (χ3v) is 2.72. The molecule has 0 N–H and O–H groups in total. The molecule has 2 nitrogen and oxygen atoms in total. The molecule has 0 amide bonds. The Balaban J connectivity index is 0. The average molecular weight is 246 g/mol. The third kappa shape index (κ3) is 24.9. The number of hydrogen-bond acceptors (Lipinski definition) is 2. The van der Waals surface area contributed by atoms with E-state index in [-0.39, 0.29) is 0 Å². The van der Waals surface area contributed by atoms with Gasteiger partial charge in [-0.1, -0.05) is 27.7 Å². The fourth-order valence-corrected chi connectivity index (χ4v) is 1.57. The Labute approximate surface area is 103 Å². The van der Waals surface area contributed by atoms with Crippen LogP contribution in [-0.2, 0) is 19.2 Å². The molecule has 0 atom stereocenters. The van der Waals surface area contributed by atoms with Crippen LogP contribution in [0.1, 0.15) is 27.7 Å². The van der Waals surface area contributed by atoms with Gasteiger partial charge >= 0.3 is 52.9 Å². The van der Waals surface area contributed by atoms with Gasteiger partial charge in [-0.25, -0.2) is 0 Å². The summed E-state index contributed by atoms with van der Waals surface area (Å²) in [6.07, 6.45) is 8.00. The molecule has 0 spiro atoms. The van der Waals surface area contributed by atoms with Crippen LogP contribution in [-0.4, -0.2) is 12.2 Å². The first-order chi connectivity index (χ1) is 6.90. The van der Waals surface area contributed by atoms with Crippen LogP contribution in [0.25, 0.3) is 0 Å². The van der Waals surface area contributed by atoms with Crippen molar-refractivity contribution in [2.75, 3.05) is 0 Å². The predicted octanol–water partition coefficient (Wildman–Crippen LogP) is 1.54. The van der Waals surface area contributed by atoms with Gasteiger partial charge in [0.25, 0.3) is 0 Å². The molecule has 1 aliphatic carbocycles. The van der Waals surface area contributed by atoms with E-state index in [1.165, 1.54) is 0 Å². The molecule has 0 fully saturated rings. The Bertz CT molecular complexity index is 151. The summed E-state index contributed by atoms with van der Waals surface area (Å²) in [4.78, 5) is 0. The minimum atomic E-state index is -0.417. The zero-order valence-corrected chi connectivity index (χ0v) is 11.9. The van der Waals surface area contributed by atoms with Gasteiger partial charge in [0.1, 0.15) is 0 Å². The molecule has 0 aromatic heterocycles.